The molecule has 2 aromatic rings. The summed E-state index contributed by atoms with van der Waals surface area (Å²) < 4.78 is 0. The van der Waals surface area contributed by atoms with Crippen LogP contribution in [0.3, 0.4) is 0 Å². The molecule has 128 valence electrons. The SMILES string of the molecule is Cc1ccc(NC(=O)CC(C)NC(CO)c2ccccc2)c(C)c1. The molecule has 2 unspecified atom stereocenters. The summed E-state index contributed by atoms with van der Waals surface area (Å²) in [6, 6.07) is 15.5. The normalized spacial score (nSPS) is 13.3. The van der Waals surface area contributed by atoms with Crippen LogP contribution >= 0.6 is 0 Å². The molecule has 0 saturated carbocycles. The number of aryl methyl sites for hydroxylation is 2. The van der Waals surface area contributed by atoms with Crippen molar-refractivity contribution in [2.45, 2.75) is 39.3 Å². The summed E-state index contributed by atoms with van der Waals surface area (Å²) >= 11 is 0. The van der Waals surface area contributed by atoms with Gasteiger partial charge in [-0.2, -0.15) is 0 Å². The van der Waals surface area contributed by atoms with Gasteiger partial charge in [0.2, 0.25) is 5.91 Å². The maximum absolute atomic E-state index is 12.3. The van der Waals surface area contributed by atoms with Gasteiger partial charge in [-0.1, -0.05) is 48.0 Å². The Bertz CT molecular complexity index is 671. The second kappa shape index (κ2) is 8.62. The average molecular weight is 326 g/mol. The first kappa shape index (κ1) is 18.2. The zero-order chi connectivity index (χ0) is 17.5. The molecule has 1 amide bonds. The molecular formula is C20H26N2O2. The molecule has 2 rings (SSSR count). The zero-order valence-corrected chi connectivity index (χ0v) is 14.5. The highest BCUT2D eigenvalue weighted by Gasteiger charge is 2.16. The first-order valence-electron chi connectivity index (χ1n) is 8.28. The summed E-state index contributed by atoms with van der Waals surface area (Å²) in [6.45, 7) is 5.96. The van der Waals surface area contributed by atoms with Crippen LogP contribution in [0.25, 0.3) is 0 Å². The highest BCUT2D eigenvalue weighted by atomic mass is 16.3. The standard InChI is InChI=1S/C20H26N2O2/c1-14-9-10-18(15(2)11-14)22-20(24)12-16(3)21-19(13-23)17-7-5-4-6-8-17/h4-11,16,19,21,23H,12-13H2,1-3H3,(H,22,24). The molecule has 0 radical (unpaired) electrons. The van der Waals surface area contributed by atoms with Gasteiger partial charge in [0, 0.05) is 18.2 Å². The van der Waals surface area contributed by atoms with Crippen LogP contribution in [0.2, 0.25) is 0 Å². The van der Waals surface area contributed by atoms with E-state index in [1.807, 2.05) is 63.2 Å². The highest BCUT2D eigenvalue weighted by molar-refractivity contribution is 5.91. The lowest BCUT2D eigenvalue weighted by molar-refractivity contribution is -0.116. The van der Waals surface area contributed by atoms with Gasteiger partial charge < -0.3 is 15.7 Å². The molecule has 0 saturated heterocycles. The van der Waals surface area contributed by atoms with Crippen LogP contribution in [0, 0.1) is 13.8 Å². The lowest BCUT2D eigenvalue weighted by atomic mass is 10.1. The molecule has 0 spiro atoms. The summed E-state index contributed by atoms with van der Waals surface area (Å²) in [5.74, 6) is -0.0355. The van der Waals surface area contributed by atoms with Crippen molar-refractivity contribution in [2.24, 2.45) is 0 Å². The number of carbonyl (C=O) groups is 1. The topological polar surface area (TPSA) is 61.4 Å². The Balaban J connectivity index is 1.91. The number of hydrogen-bond acceptors (Lipinski definition) is 3. The van der Waals surface area contributed by atoms with Gasteiger partial charge in [-0.05, 0) is 38.0 Å². The quantitative estimate of drug-likeness (QED) is 0.731. The fraction of sp³-hybridized carbons (Fsp3) is 0.350. The van der Waals surface area contributed by atoms with Gasteiger partial charge >= 0.3 is 0 Å². The molecule has 4 nitrogen and oxygen atoms in total. The summed E-state index contributed by atoms with van der Waals surface area (Å²) in [5.41, 5.74) is 4.09. The predicted molar refractivity (Wildman–Crippen MR) is 98.0 cm³/mol. The van der Waals surface area contributed by atoms with Gasteiger partial charge in [0.25, 0.3) is 0 Å². The molecule has 2 atom stereocenters. The summed E-state index contributed by atoms with van der Waals surface area (Å²) in [4.78, 5) is 12.3. The van der Waals surface area contributed by atoms with Crippen LogP contribution < -0.4 is 10.6 Å². The molecule has 0 fully saturated rings. The van der Waals surface area contributed by atoms with Crippen molar-refractivity contribution in [3.8, 4) is 0 Å². The van der Waals surface area contributed by atoms with Crippen molar-refractivity contribution in [1.82, 2.24) is 5.32 Å². The van der Waals surface area contributed by atoms with Crippen molar-refractivity contribution in [2.75, 3.05) is 11.9 Å². The van der Waals surface area contributed by atoms with Gasteiger partial charge in [-0.3, -0.25) is 4.79 Å². The number of nitrogens with one attached hydrogen (secondary N) is 2. The minimum absolute atomic E-state index is 0.00690. The lowest BCUT2D eigenvalue weighted by Gasteiger charge is -2.22. The number of anilines is 1. The van der Waals surface area contributed by atoms with E-state index in [2.05, 4.69) is 16.7 Å². The summed E-state index contributed by atoms with van der Waals surface area (Å²) in [7, 11) is 0. The Morgan fingerprint density at radius 3 is 2.46 bits per heavy atom. The van der Waals surface area contributed by atoms with E-state index >= 15 is 0 Å². The third-order valence-corrected chi connectivity index (χ3v) is 4.02. The first-order chi connectivity index (χ1) is 11.5. The van der Waals surface area contributed by atoms with Crippen LogP contribution in [0.4, 0.5) is 5.69 Å². The maximum Gasteiger partial charge on any atom is 0.225 e. The molecule has 24 heavy (non-hydrogen) atoms. The third kappa shape index (κ3) is 5.18. The van der Waals surface area contributed by atoms with E-state index in [0.717, 1.165) is 16.8 Å². The van der Waals surface area contributed by atoms with Gasteiger partial charge in [0.1, 0.15) is 0 Å². The third-order valence-electron chi connectivity index (χ3n) is 4.02. The molecule has 3 N–H and O–H groups in total. The monoisotopic (exact) mass is 326 g/mol. The Kier molecular flexibility index (Phi) is 6.53. The molecular weight excluding hydrogens is 300 g/mol. The molecule has 2 aromatic carbocycles. The minimum Gasteiger partial charge on any atom is -0.394 e. The number of carbonyl (C=O) groups excluding carboxylic acids is 1. The van der Waals surface area contributed by atoms with Crippen LogP contribution in [0.1, 0.15) is 36.1 Å². The second-order valence-electron chi connectivity index (χ2n) is 6.28. The number of rotatable bonds is 7. The Morgan fingerprint density at radius 1 is 1.12 bits per heavy atom. The molecule has 0 aliphatic rings. The zero-order valence-electron chi connectivity index (χ0n) is 14.5. The fourth-order valence-corrected chi connectivity index (χ4v) is 2.78. The van der Waals surface area contributed by atoms with E-state index in [1.54, 1.807) is 0 Å². The molecule has 0 bridgehead atoms. The van der Waals surface area contributed by atoms with Crippen molar-refractivity contribution in [3.63, 3.8) is 0 Å². The number of amides is 1. The van der Waals surface area contributed by atoms with E-state index in [9.17, 15) is 9.90 Å². The Labute approximate surface area is 143 Å². The van der Waals surface area contributed by atoms with Gasteiger partial charge in [0.15, 0.2) is 0 Å². The van der Waals surface area contributed by atoms with Crippen molar-refractivity contribution < 1.29 is 9.90 Å². The Morgan fingerprint density at radius 2 is 1.83 bits per heavy atom. The van der Waals surface area contributed by atoms with E-state index in [-0.39, 0.29) is 24.6 Å². The highest BCUT2D eigenvalue weighted by Crippen LogP contribution is 2.17. The van der Waals surface area contributed by atoms with Crippen molar-refractivity contribution in [1.29, 1.82) is 0 Å². The van der Waals surface area contributed by atoms with E-state index in [4.69, 9.17) is 0 Å². The Hall–Kier alpha value is -2.17. The number of aliphatic hydroxyl groups is 1. The van der Waals surface area contributed by atoms with Crippen LogP contribution in [0.5, 0.6) is 0 Å². The van der Waals surface area contributed by atoms with Gasteiger partial charge in [-0.15, -0.1) is 0 Å². The second-order valence-corrected chi connectivity index (χ2v) is 6.28. The smallest absolute Gasteiger partial charge is 0.225 e. The lowest BCUT2D eigenvalue weighted by Crippen LogP contribution is -2.35. The van der Waals surface area contributed by atoms with Crippen LogP contribution in [0.15, 0.2) is 48.5 Å². The van der Waals surface area contributed by atoms with Crippen LogP contribution in [-0.2, 0) is 4.79 Å². The maximum atomic E-state index is 12.3. The van der Waals surface area contributed by atoms with Crippen molar-refractivity contribution >= 4 is 11.6 Å². The summed E-state index contributed by atoms with van der Waals surface area (Å²) in [6.07, 6.45) is 0.344. The predicted octanol–water partition coefficient (Wildman–Crippen LogP) is 3.34. The first-order valence-corrected chi connectivity index (χ1v) is 8.28. The number of benzene rings is 2. The van der Waals surface area contributed by atoms with Gasteiger partial charge in [0.05, 0.1) is 12.6 Å². The van der Waals surface area contributed by atoms with Crippen molar-refractivity contribution in [3.05, 3.63) is 65.2 Å². The minimum atomic E-state index is -0.171. The summed E-state index contributed by atoms with van der Waals surface area (Å²) in [5, 5.41) is 15.9. The number of hydrogen-bond donors (Lipinski definition) is 3. The molecule has 4 heteroatoms. The largest absolute Gasteiger partial charge is 0.394 e. The molecule has 0 aromatic heterocycles. The average Bonchev–Trinajstić information content (AvgIpc) is 2.56. The molecule has 0 heterocycles. The molecule has 0 aliphatic carbocycles. The molecule has 0 aliphatic heterocycles. The van der Waals surface area contributed by atoms with E-state index in [1.165, 1.54) is 5.56 Å². The van der Waals surface area contributed by atoms with Crippen LogP contribution in [-0.4, -0.2) is 23.7 Å². The fourth-order valence-electron chi connectivity index (χ4n) is 2.78. The number of aliphatic hydroxyl groups excluding tert-OH is 1. The van der Waals surface area contributed by atoms with E-state index in [0.29, 0.717) is 6.42 Å². The van der Waals surface area contributed by atoms with Gasteiger partial charge in [-0.25, -0.2) is 0 Å². The van der Waals surface area contributed by atoms with E-state index < -0.39 is 0 Å².